The predicted molar refractivity (Wildman–Crippen MR) is 112 cm³/mol. The maximum atomic E-state index is 13.4. The van der Waals surface area contributed by atoms with E-state index in [1.165, 1.54) is 28.6 Å². The molecule has 1 aliphatic rings. The molecule has 3 nitrogen and oxygen atoms in total. The molecular weight excluding hydrogens is 363 g/mol. The standard InChI is InChI=1S/C25H21FN2O/c1-16-6-8-17(9-7-16)24-23-21(20-4-2-3-5-22(20)27-23)14-15-28(24)25(29)18-10-12-19(26)13-11-18/h2-13,24,27H,14-15H2,1H3/t24-/m0/s1. The smallest absolute Gasteiger partial charge is 0.254 e. The van der Waals surface area contributed by atoms with Crippen LogP contribution in [0.1, 0.15) is 38.8 Å². The van der Waals surface area contributed by atoms with Crippen LogP contribution < -0.4 is 0 Å². The number of nitrogens with one attached hydrogen (secondary N) is 1. The van der Waals surface area contributed by atoms with Crippen molar-refractivity contribution in [2.75, 3.05) is 6.54 Å². The Hall–Kier alpha value is -3.40. The third kappa shape index (κ3) is 3.01. The number of aromatic nitrogens is 1. The van der Waals surface area contributed by atoms with Crippen LogP contribution in [0.15, 0.2) is 72.8 Å². The second kappa shape index (κ2) is 6.89. The summed E-state index contributed by atoms with van der Waals surface area (Å²) in [7, 11) is 0. The first-order chi connectivity index (χ1) is 14.1. The van der Waals surface area contributed by atoms with E-state index in [1.54, 1.807) is 12.1 Å². The molecule has 3 aromatic carbocycles. The van der Waals surface area contributed by atoms with Crippen molar-refractivity contribution in [3.8, 4) is 0 Å². The maximum Gasteiger partial charge on any atom is 0.254 e. The number of hydrogen-bond donors (Lipinski definition) is 1. The molecule has 29 heavy (non-hydrogen) atoms. The molecule has 1 aliphatic heterocycles. The lowest BCUT2D eigenvalue weighted by Crippen LogP contribution is -2.40. The van der Waals surface area contributed by atoms with Gasteiger partial charge in [0.1, 0.15) is 5.82 Å². The van der Waals surface area contributed by atoms with Crippen LogP contribution in [0.5, 0.6) is 0 Å². The van der Waals surface area contributed by atoms with E-state index >= 15 is 0 Å². The number of benzene rings is 3. The fourth-order valence-electron chi connectivity index (χ4n) is 4.31. The molecule has 2 heterocycles. The van der Waals surface area contributed by atoms with Gasteiger partial charge in [0, 0.05) is 28.7 Å². The van der Waals surface area contributed by atoms with Gasteiger partial charge in [-0.3, -0.25) is 4.79 Å². The molecule has 0 spiro atoms. The van der Waals surface area contributed by atoms with Gasteiger partial charge >= 0.3 is 0 Å². The summed E-state index contributed by atoms with van der Waals surface area (Å²) in [4.78, 5) is 18.8. The molecule has 1 aromatic heterocycles. The highest BCUT2D eigenvalue weighted by molar-refractivity contribution is 5.95. The first-order valence-corrected chi connectivity index (χ1v) is 9.84. The number of nitrogens with zero attached hydrogens (tertiary/aromatic N) is 1. The Morgan fingerprint density at radius 3 is 2.48 bits per heavy atom. The summed E-state index contributed by atoms with van der Waals surface area (Å²) in [5, 5.41) is 1.22. The molecule has 0 fully saturated rings. The number of hydrogen-bond acceptors (Lipinski definition) is 1. The third-order valence-electron chi connectivity index (χ3n) is 5.78. The molecule has 0 unspecified atom stereocenters. The second-order valence-electron chi connectivity index (χ2n) is 7.63. The number of amides is 1. The van der Waals surface area contributed by atoms with Gasteiger partial charge in [-0.25, -0.2) is 4.39 Å². The zero-order valence-corrected chi connectivity index (χ0v) is 16.2. The fourth-order valence-corrected chi connectivity index (χ4v) is 4.31. The molecular formula is C25H21FN2O. The zero-order chi connectivity index (χ0) is 20.0. The van der Waals surface area contributed by atoms with E-state index in [0.717, 1.165) is 23.2 Å². The van der Waals surface area contributed by atoms with Gasteiger partial charge in [-0.15, -0.1) is 0 Å². The van der Waals surface area contributed by atoms with Crippen LogP contribution >= 0.6 is 0 Å². The van der Waals surface area contributed by atoms with Gasteiger partial charge in [0.25, 0.3) is 5.91 Å². The number of aromatic amines is 1. The van der Waals surface area contributed by atoms with Gasteiger partial charge in [-0.2, -0.15) is 0 Å². The van der Waals surface area contributed by atoms with Crippen molar-refractivity contribution < 1.29 is 9.18 Å². The first-order valence-electron chi connectivity index (χ1n) is 9.84. The SMILES string of the molecule is Cc1ccc([C@H]2c3[nH]c4ccccc4c3CCN2C(=O)c2ccc(F)cc2)cc1. The Kier molecular flexibility index (Phi) is 4.20. The summed E-state index contributed by atoms with van der Waals surface area (Å²) in [5.41, 5.74) is 6.18. The van der Waals surface area contributed by atoms with Crippen molar-refractivity contribution in [1.29, 1.82) is 0 Å². The lowest BCUT2D eigenvalue weighted by molar-refractivity contribution is 0.0692. The van der Waals surface area contributed by atoms with Crippen LogP contribution in [-0.2, 0) is 6.42 Å². The highest BCUT2D eigenvalue weighted by atomic mass is 19.1. The molecule has 0 radical (unpaired) electrons. The second-order valence-corrected chi connectivity index (χ2v) is 7.63. The Morgan fingerprint density at radius 1 is 1.00 bits per heavy atom. The van der Waals surface area contributed by atoms with Crippen molar-refractivity contribution in [1.82, 2.24) is 9.88 Å². The van der Waals surface area contributed by atoms with Gasteiger partial charge in [0.2, 0.25) is 0 Å². The minimum absolute atomic E-state index is 0.0834. The van der Waals surface area contributed by atoms with Gasteiger partial charge in [0.05, 0.1) is 6.04 Å². The van der Waals surface area contributed by atoms with E-state index in [-0.39, 0.29) is 17.8 Å². The normalized spacial score (nSPS) is 16.1. The number of carbonyl (C=O) groups is 1. The van der Waals surface area contributed by atoms with Crippen LogP contribution in [0, 0.1) is 12.7 Å². The Bertz CT molecular complexity index is 1190. The van der Waals surface area contributed by atoms with Crippen LogP contribution in [0.3, 0.4) is 0 Å². The van der Waals surface area contributed by atoms with Crippen molar-refractivity contribution in [2.24, 2.45) is 0 Å². The number of aryl methyl sites for hydroxylation is 1. The number of halogens is 1. The summed E-state index contributed by atoms with van der Waals surface area (Å²) >= 11 is 0. The molecule has 144 valence electrons. The van der Waals surface area contributed by atoms with Crippen molar-refractivity contribution in [3.05, 3.63) is 107 Å². The number of rotatable bonds is 2. The van der Waals surface area contributed by atoms with Crippen LogP contribution in [-0.4, -0.2) is 22.3 Å². The lowest BCUT2D eigenvalue weighted by atomic mass is 9.91. The molecule has 5 rings (SSSR count). The Morgan fingerprint density at radius 2 is 1.72 bits per heavy atom. The molecule has 4 heteroatoms. The molecule has 0 saturated heterocycles. The maximum absolute atomic E-state index is 13.4. The van der Waals surface area contributed by atoms with E-state index in [0.29, 0.717) is 12.1 Å². The van der Waals surface area contributed by atoms with Gasteiger partial charge in [0.15, 0.2) is 0 Å². The van der Waals surface area contributed by atoms with Crippen LogP contribution in [0.2, 0.25) is 0 Å². The summed E-state index contributed by atoms with van der Waals surface area (Å²) in [5.74, 6) is -0.423. The van der Waals surface area contributed by atoms with Gasteiger partial charge in [-0.05, 0) is 54.8 Å². The topological polar surface area (TPSA) is 36.1 Å². The largest absolute Gasteiger partial charge is 0.356 e. The Labute approximate surface area is 168 Å². The van der Waals surface area contributed by atoms with Crippen molar-refractivity contribution >= 4 is 16.8 Å². The van der Waals surface area contributed by atoms with E-state index in [9.17, 15) is 9.18 Å². The molecule has 1 amide bonds. The third-order valence-corrected chi connectivity index (χ3v) is 5.78. The van der Waals surface area contributed by atoms with Crippen molar-refractivity contribution in [3.63, 3.8) is 0 Å². The molecule has 4 aromatic rings. The zero-order valence-electron chi connectivity index (χ0n) is 16.2. The van der Waals surface area contributed by atoms with Crippen molar-refractivity contribution in [2.45, 2.75) is 19.4 Å². The van der Waals surface area contributed by atoms with Crippen LogP contribution in [0.25, 0.3) is 10.9 Å². The Balaban J connectivity index is 1.65. The van der Waals surface area contributed by atoms with Gasteiger partial charge in [-0.1, -0.05) is 48.0 Å². The number of carbonyl (C=O) groups excluding carboxylic acids is 1. The number of fused-ring (bicyclic) bond motifs is 3. The highest BCUT2D eigenvalue weighted by Crippen LogP contribution is 2.39. The molecule has 1 atom stereocenters. The number of H-pyrrole nitrogens is 1. The summed E-state index contributed by atoms with van der Waals surface area (Å²) in [6, 6.07) is 22.2. The summed E-state index contributed by atoms with van der Waals surface area (Å²) in [6.07, 6.45) is 0.786. The molecule has 0 saturated carbocycles. The monoisotopic (exact) mass is 384 g/mol. The van der Waals surface area contributed by atoms with Crippen LogP contribution in [0.4, 0.5) is 4.39 Å². The lowest BCUT2D eigenvalue weighted by Gasteiger charge is -2.36. The van der Waals surface area contributed by atoms with E-state index in [1.807, 2.05) is 17.0 Å². The van der Waals surface area contributed by atoms with Gasteiger partial charge < -0.3 is 9.88 Å². The van der Waals surface area contributed by atoms with E-state index in [4.69, 9.17) is 0 Å². The quantitative estimate of drug-likeness (QED) is 0.493. The summed E-state index contributed by atoms with van der Waals surface area (Å²) in [6.45, 7) is 2.67. The first kappa shape index (κ1) is 17.7. The minimum atomic E-state index is -0.340. The average Bonchev–Trinajstić information content (AvgIpc) is 3.12. The number of para-hydroxylation sites is 1. The summed E-state index contributed by atoms with van der Waals surface area (Å²) < 4.78 is 13.4. The highest BCUT2D eigenvalue weighted by Gasteiger charge is 2.34. The minimum Gasteiger partial charge on any atom is -0.356 e. The fraction of sp³-hybridized carbons (Fsp3) is 0.160. The van der Waals surface area contributed by atoms with E-state index < -0.39 is 0 Å². The molecule has 0 bridgehead atoms. The molecule has 1 N–H and O–H groups in total. The van der Waals surface area contributed by atoms with E-state index in [2.05, 4.69) is 48.3 Å². The molecule has 0 aliphatic carbocycles. The average molecular weight is 384 g/mol. The predicted octanol–water partition coefficient (Wildman–Crippen LogP) is 5.40.